The molecule has 1 aromatic carbocycles. The molecule has 0 saturated heterocycles. The number of halogens is 1. The summed E-state index contributed by atoms with van der Waals surface area (Å²) in [5, 5.41) is 3.33. The van der Waals surface area contributed by atoms with Gasteiger partial charge in [0.2, 0.25) is 0 Å². The molecule has 0 aliphatic carbocycles. The molecule has 120 valence electrons. The first-order chi connectivity index (χ1) is 10.2. The summed E-state index contributed by atoms with van der Waals surface area (Å²) in [6, 6.07) is 5.31. The van der Waals surface area contributed by atoms with Gasteiger partial charge in [-0.05, 0) is 51.0 Å². The molecule has 1 aromatic rings. The number of ether oxygens (including phenoxy) is 2. The number of benzene rings is 1. The highest BCUT2D eigenvalue weighted by atomic mass is 35.5. The Morgan fingerprint density at radius 2 is 2.14 bits per heavy atom. The third-order valence-corrected chi connectivity index (χ3v) is 3.36. The van der Waals surface area contributed by atoms with E-state index in [1.807, 2.05) is 20.8 Å². The fourth-order valence-electron chi connectivity index (χ4n) is 2.22. The maximum atomic E-state index is 12.0. The minimum absolute atomic E-state index is 0.244. The highest BCUT2D eigenvalue weighted by Gasteiger charge is 2.28. The standard InChI is InChI=1S/C16H20ClNO4/c1-16(2,3)18-14(19)9-22-15(20)11-6-10-7-12(17)4-5-13(10)21-8-11/h4-5,7,11H,6,8-9H2,1-3H3,(H,18,19)/t11-/m1/s1. The van der Waals surface area contributed by atoms with Crippen LogP contribution in [-0.2, 0) is 20.7 Å². The quantitative estimate of drug-likeness (QED) is 0.866. The van der Waals surface area contributed by atoms with Crippen molar-refractivity contribution < 1.29 is 19.1 Å². The predicted molar refractivity (Wildman–Crippen MR) is 83.0 cm³/mol. The zero-order valence-corrected chi connectivity index (χ0v) is 13.7. The van der Waals surface area contributed by atoms with Crippen molar-refractivity contribution in [3.8, 4) is 5.75 Å². The van der Waals surface area contributed by atoms with Crippen molar-refractivity contribution in [2.45, 2.75) is 32.7 Å². The molecule has 1 heterocycles. The average molecular weight is 326 g/mol. The van der Waals surface area contributed by atoms with E-state index in [1.54, 1.807) is 18.2 Å². The van der Waals surface area contributed by atoms with Crippen molar-refractivity contribution in [1.29, 1.82) is 0 Å². The number of carbonyl (C=O) groups is 2. The summed E-state index contributed by atoms with van der Waals surface area (Å²) in [4.78, 5) is 23.7. The molecule has 0 unspecified atom stereocenters. The van der Waals surface area contributed by atoms with Gasteiger partial charge in [-0.15, -0.1) is 0 Å². The van der Waals surface area contributed by atoms with E-state index in [0.29, 0.717) is 11.4 Å². The molecule has 0 radical (unpaired) electrons. The summed E-state index contributed by atoms with van der Waals surface area (Å²) < 4.78 is 10.6. The van der Waals surface area contributed by atoms with Crippen LogP contribution >= 0.6 is 11.6 Å². The highest BCUT2D eigenvalue weighted by molar-refractivity contribution is 6.30. The zero-order valence-electron chi connectivity index (χ0n) is 12.9. The minimum atomic E-state index is -0.435. The molecular formula is C16H20ClNO4. The topological polar surface area (TPSA) is 64.6 Å². The molecule has 22 heavy (non-hydrogen) atoms. The maximum Gasteiger partial charge on any atom is 0.313 e. The van der Waals surface area contributed by atoms with Crippen molar-refractivity contribution in [2.75, 3.05) is 13.2 Å². The summed E-state index contributed by atoms with van der Waals surface area (Å²) in [6.07, 6.45) is 0.496. The molecule has 2 rings (SSSR count). The van der Waals surface area contributed by atoms with Crippen molar-refractivity contribution in [3.63, 3.8) is 0 Å². The Kier molecular flexibility index (Phi) is 4.96. The monoisotopic (exact) mass is 325 g/mol. The van der Waals surface area contributed by atoms with Gasteiger partial charge in [-0.2, -0.15) is 0 Å². The first kappa shape index (κ1) is 16.6. The van der Waals surface area contributed by atoms with Crippen LogP contribution in [-0.4, -0.2) is 30.6 Å². The molecule has 6 heteroatoms. The van der Waals surface area contributed by atoms with Crippen LogP contribution in [0.25, 0.3) is 0 Å². The van der Waals surface area contributed by atoms with E-state index in [1.165, 1.54) is 0 Å². The minimum Gasteiger partial charge on any atom is -0.492 e. The van der Waals surface area contributed by atoms with E-state index in [4.69, 9.17) is 21.1 Å². The summed E-state index contributed by atoms with van der Waals surface area (Å²) >= 11 is 5.94. The number of hydrogen-bond acceptors (Lipinski definition) is 4. The molecular weight excluding hydrogens is 306 g/mol. The number of rotatable bonds is 3. The van der Waals surface area contributed by atoms with Gasteiger partial charge >= 0.3 is 5.97 Å². The van der Waals surface area contributed by atoms with Crippen LogP contribution < -0.4 is 10.1 Å². The molecule has 1 N–H and O–H groups in total. The van der Waals surface area contributed by atoms with Gasteiger partial charge in [0, 0.05) is 10.6 Å². The van der Waals surface area contributed by atoms with Gasteiger partial charge in [-0.25, -0.2) is 0 Å². The molecule has 0 aromatic heterocycles. The number of nitrogens with one attached hydrogen (secondary N) is 1. The largest absolute Gasteiger partial charge is 0.492 e. The van der Waals surface area contributed by atoms with Gasteiger partial charge in [0.15, 0.2) is 6.61 Å². The maximum absolute atomic E-state index is 12.0. The van der Waals surface area contributed by atoms with Crippen molar-refractivity contribution in [3.05, 3.63) is 28.8 Å². The van der Waals surface area contributed by atoms with E-state index in [9.17, 15) is 9.59 Å². The van der Waals surface area contributed by atoms with Crippen LogP contribution in [0, 0.1) is 5.92 Å². The van der Waals surface area contributed by atoms with E-state index >= 15 is 0 Å². The SMILES string of the molecule is CC(C)(C)NC(=O)COC(=O)[C@H]1COc2ccc(Cl)cc2C1. The number of fused-ring (bicyclic) bond motifs is 1. The Hall–Kier alpha value is -1.75. The molecule has 1 aliphatic rings. The average Bonchev–Trinajstić information content (AvgIpc) is 2.42. The predicted octanol–water partition coefficient (Wildman–Crippen LogP) is 2.35. The van der Waals surface area contributed by atoms with E-state index in [0.717, 1.165) is 11.3 Å². The van der Waals surface area contributed by atoms with E-state index in [-0.39, 0.29) is 24.7 Å². The van der Waals surface area contributed by atoms with Crippen molar-refractivity contribution >= 4 is 23.5 Å². The van der Waals surface area contributed by atoms with Gasteiger partial charge in [-0.3, -0.25) is 9.59 Å². The number of carbonyl (C=O) groups excluding carboxylic acids is 2. The highest BCUT2D eigenvalue weighted by Crippen LogP contribution is 2.30. The van der Waals surface area contributed by atoms with Crippen LogP contribution in [0.15, 0.2) is 18.2 Å². The lowest BCUT2D eigenvalue weighted by Gasteiger charge is -2.24. The lowest BCUT2D eigenvalue weighted by molar-refractivity contribution is -0.154. The zero-order chi connectivity index (χ0) is 16.3. The molecule has 1 amide bonds. The normalized spacial score (nSPS) is 17.2. The second-order valence-corrected chi connectivity index (χ2v) is 6.81. The lowest BCUT2D eigenvalue weighted by atomic mass is 9.97. The number of amides is 1. The third-order valence-electron chi connectivity index (χ3n) is 3.12. The Bertz CT molecular complexity index is 580. The lowest BCUT2D eigenvalue weighted by Crippen LogP contribution is -2.43. The third kappa shape index (κ3) is 4.63. The fraction of sp³-hybridized carbons (Fsp3) is 0.500. The summed E-state index contributed by atoms with van der Waals surface area (Å²) in [5.41, 5.74) is 0.521. The summed E-state index contributed by atoms with van der Waals surface area (Å²) in [7, 11) is 0. The van der Waals surface area contributed by atoms with Gasteiger partial charge in [-0.1, -0.05) is 11.6 Å². The smallest absolute Gasteiger partial charge is 0.313 e. The van der Waals surface area contributed by atoms with Crippen molar-refractivity contribution in [1.82, 2.24) is 5.32 Å². The molecule has 0 bridgehead atoms. The number of hydrogen-bond donors (Lipinski definition) is 1. The molecule has 1 atom stereocenters. The van der Waals surface area contributed by atoms with Crippen LogP contribution in [0.4, 0.5) is 0 Å². The first-order valence-electron chi connectivity index (χ1n) is 7.13. The molecule has 5 nitrogen and oxygen atoms in total. The second-order valence-electron chi connectivity index (χ2n) is 6.37. The molecule has 0 fully saturated rings. The van der Waals surface area contributed by atoms with Gasteiger partial charge in [0.25, 0.3) is 5.91 Å². The Morgan fingerprint density at radius 3 is 2.82 bits per heavy atom. The summed E-state index contributed by atoms with van der Waals surface area (Å²) in [5.74, 6) is -0.442. The Balaban J connectivity index is 1.88. The van der Waals surface area contributed by atoms with Gasteiger partial charge < -0.3 is 14.8 Å². The summed E-state index contributed by atoms with van der Waals surface area (Å²) in [6.45, 7) is 5.55. The number of esters is 1. The van der Waals surface area contributed by atoms with E-state index < -0.39 is 11.9 Å². The first-order valence-corrected chi connectivity index (χ1v) is 7.51. The van der Waals surface area contributed by atoms with E-state index in [2.05, 4.69) is 5.32 Å². The van der Waals surface area contributed by atoms with Crippen LogP contribution in [0.5, 0.6) is 5.75 Å². The van der Waals surface area contributed by atoms with Crippen LogP contribution in [0.3, 0.4) is 0 Å². The van der Waals surface area contributed by atoms with Gasteiger partial charge in [0.1, 0.15) is 12.4 Å². The second kappa shape index (κ2) is 6.57. The molecule has 1 aliphatic heterocycles. The Morgan fingerprint density at radius 1 is 1.41 bits per heavy atom. The van der Waals surface area contributed by atoms with Gasteiger partial charge in [0.05, 0.1) is 5.92 Å². The fourth-order valence-corrected chi connectivity index (χ4v) is 2.42. The molecule has 0 saturated carbocycles. The van der Waals surface area contributed by atoms with Crippen LogP contribution in [0.2, 0.25) is 5.02 Å². The van der Waals surface area contributed by atoms with Crippen LogP contribution in [0.1, 0.15) is 26.3 Å². The van der Waals surface area contributed by atoms with Crippen molar-refractivity contribution in [2.24, 2.45) is 5.92 Å². The Labute approximate surface area is 134 Å². The molecule has 0 spiro atoms.